The minimum absolute atomic E-state index is 0.00636. The number of nitrogens with zero attached hydrogens (tertiary/aromatic N) is 3. The quantitative estimate of drug-likeness (QED) is 0.604. The third kappa shape index (κ3) is 3.96. The van der Waals surface area contributed by atoms with E-state index in [9.17, 15) is 13.6 Å². The molecule has 152 valence electrons. The van der Waals surface area contributed by atoms with E-state index in [1.165, 1.54) is 32.1 Å². The number of nitrogen functional groups attached to an aromatic ring is 1. The molecular formula is C19H18F2N4O4. The van der Waals surface area contributed by atoms with Gasteiger partial charge in [-0.3, -0.25) is 4.79 Å². The number of anilines is 1. The van der Waals surface area contributed by atoms with E-state index in [4.69, 9.17) is 19.9 Å². The number of Topliss-reactive ketones (excluding diaryl/α,β-unsaturated/α-hetero) is 1. The number of ketones is 1. The first-order valence-corrected chi connectivity index (χ1v) is 8.36. The maximum atomic E-state index is 13.4. The molecule has 0 bridgehead atoms. The number of methoxy groups -OCH3 is 3. The second kappa shape index (κ2) is 8.13. The summed E-state index contributed by atoms with van der Waals surface area (Å²) in [4.78, 5) is 16.5. The summed E-state index contributed by atoms with van der Waals surface area (Å²) >= 11 is 0. The predicted octanol–water partition coefficient (Wildman–Crippen LogP) is 2.71. The summed E-state index contributed by atoms with van der Waals surface area (Å²) in [6.45, 7) is -0.297. The molecule has 0 aliphatic carbocycles. The van der Waals surface area contributed by atoms with Crippen LogP contribution in [0.4, 0.5) is 14.7 Å². The van der Waals surface area contributed by atoms with Gasteiger partial charge in [0.1, 0.15) is 6.54 Å². The minimum Gasteiger partial charge on any atom is -0.493 e. The van der Waals surface area contributed by atoms with Gasteiger partial charge >= 0.3 is 0 Å². The van der Waals surface area contributed by atoms with Crippen LogP contribution < -0.4 is 19.9 Å². The van der Waals surface area contributed by atoms with E-state index >= 15 is 0 Å². The Morgan fingerprint density at radius 2 is 1.69 bits per heavy atom. The van der Waals surface area contributed by atoms with Crippen LogP contribution in [0.5, 0.6) is 17.2 Å². The second-order valence-electron chi connectivity index (χ2n) is 5.92. The van der Waals surface area contributed by atoms with Crippen molar-refractivity contribution in [3.63, 3.8) is 0 Å². The molecule has 0 aliphatic rings. The number of aromatic nitrogens is 3. The molecule has 0 aliphatic heterocycles. The van der Waals surface area contributed by atoms with Crippen molar-refractivity contribution in [2.24, 2.45) is 0 Å². The maximum Gasteiger partial charge on any atom is 0.219 e. The van der Waals surface area contributed by atoms with Crippen molar-refractivity contribution in [1.82, 2.24) is 14.8 Å². The zero-order chi connectivity index (χ0) is 21.1. The Morgan fingerprint density at radius 1 is 1.03 bits per heavy atom. The zero-order valence-corrected chi connectivity index (χ0v) is 15.9. The van der Waals surface area contributed by atoms with Gasteiger partial charge in [0.25, 0.3) is 0 Å². The van der Waals surface area contributed by atoms with Crippen molar-refractivity contribution in [1.29, 1.82) is 0 Å². The molecule has 29 heavy (non-hydrogen) atoms. The fourth-order valence-electron chi connectivity index (χ4n) is 2.70. The summed E-state index contributed by atoms with van der Waals surface area (Å²) in [6.07, 6.45) is 0. The second-order valence-corrected chi connectivity index (χ2v) is 5.92. The van der Waals surface area contributed by atoms with Crippen LogP contribution in [0.3, 0.4) is 0 Å². The lowest BCUT2D eigenvalue weighted by atomic mass is 10.1. The Bertz CT molecular complexity index is 1040. The van der Waals surface area contributed by atoms with Crippen molar-refractivity contribution in [2.75, 3.05) is 27.1 Å². The smallest absolute Gasteiger partial charge is 0.219 e. The van der Waals surface area contributed by atoms with Gasteiger partial charge in [0.2, 0.25) is 11.7 Å². The Hall–Kier alpha value is -3.69. The van der Waals surface area contributed by atoms with E-state index in [0.717, 1.165) is 12.1 Å². The highest BCUT2D eigenvalue weighted by Gasteiger charge is 2.19. The Labute approximate surface area is 164 Å². The van der Waals surface area contributed by atoms with Gasteiger partial charge < -0.3 is 19.9 Å². The van der Waals surface area contributed by atoms with E-state index in [1.54, 1.807) is 12.1 Å². The number of hydrogen-bond donors (Lipinski definition) is 1. The normalized spacial score (nSPS) is 10.7. The summed E-state index contributed by atoms with van der Waals surface area (Å²) < 4.78 is 43.5. The molecule has 1 heterocycles. The molecule has 0 radical (unpaired) electrons. The molecule has 3 rings (SSSR count). The number of rotatable bonds is 7. The minimum atomic E-state index is -1.11. The Balaban J connectivity index is 1.92. The fourth-order valence-corrected chi connectivity index (χ4v) is 2.70. The van der Waals surface area contributed by atoms with Crippen LogP contribution in [-0.2, 0) is 6.54 Å². The zero-order valence-electron chi connectivity index (χ0n) is 15.9. The van der Waals surface area contributed by atoms with Crippen molar-refractivity contribution in [2.45, 2.75) is 6.54 Å². The molecule has 1 aromatic heterocycles. The molecule has 0 unspecified atom stereocenters. The third-order valence-electron chi connectivity index (χ3n) is 4.16. The predicted molar refractivity (Wildman–Crippen MR) is 100 cm³/mol. The monoisotopic (exact) mass is 404 g/mol. The topological polar surface area (TPSA) is 101 Å². The highest BCUT2D eigenvalue weighted by molar-refractivity contribution is 5.96. The van der Waals surface area contributed by atoms with Crippen molar-refractivity contribution in [3.05, 3.63) is 47.5 Å². The average molecular weight is 404 g/mol. The number of nitrogens with two attached hydrogens (primary N) is 1. The number of carbonyl (C=O) groups is 1. The van der Waals surface area contributed by atoms with Crippen LogP contribution in [0.15, 0.2) is 30.3 Å². The lowest BCUT2D eigenvalue weighted by Gasteiger charge is -2.12. The van der Waals surface area contributed by atoms with E-state index in [-0.39, 0.29) is 23.9 Å². The summed E-state index contributed by atoms with van der Waals surface area (Å²) in [5, 5.41) is 4.23. The van der Waals surface area contributed by atoms with Crippen LogP contribution >= 0.6 is 0 Å². The van der Waals surface area contributed by atoms with E-state index in [1.807, 2.05) is 0 Å². The molecule has 2 aromatic carbocycles. The van der Waals surface area contributed by atoms with Crippen LogP contribution in [0.1, 0.15) is 10.4 Å². The van der Waals surface area contributed by atoms with Crippen molar-refractivity contribution >= 4 is 11.7 Å². The van der Waals surface area contributed by atoms with Gasteiger partial charge in [0.15, 0.2) is 34.7 Å². The van der Waals surface area contributed by atoms with Gasteiger partial charge in [-0.15, -0.1) is 5.10 Å². The lowest BCUT2D eigenvalue weighted by molar-refractivity contribution is 0.0968. The van der Waals surface area contributed by atoms with Crippen LogP contribution in [0, 0.1) is 11.6 Å². The molecule has 0 atom stereocenters. The summed E-state index contributed by atoms with van der Waals surface area (Å²) in [5.74, 6) is -1.25. The van der Waals surface area contributed by atoms with Gasteiger partial charge in [-0.1, -0.05) is 0 Å². The molecule has 0 fully saturated rings. The molecule has 0 saturated carbocycles. The summed E-state index contributed by atoms with van der Waals surface area (Å²) in [6, 6.07) is 6.17. The van der Waals surface area contributed by atoms with Crippen molar-refractivity contribution < 1.29 is 27.8 Å². The number of hydrogen-bond acceptors (Lipinski definition) is 7. The van der Waals surface area contributed by atoms with Gasteiger partial charge in [-0.2, -0.15) is 4.98 Å². The Morgan fingerprint density at radius 3 is 2.24 bits per heavy atom. The van der Waals surface area contributed by atoms with Crippen molar-refractivity contribution in [3.8, 4) is 28.6 Å². The van der Waals surface area contributed by atoms with Gasteiger partial charge in [0.05, 0.1) is 21.3 Å². The van der Waals surface area contributed by atoms with Gasteiger partial charge in [-0.25, -0.2) is 13.5 Å². The summed E-state index contributed by atoms with van der Waals surface area (Å²) in [7, 11) is 4.43. The fraction of sp³-hybridized carbons (Fsp3) is 0.211. The van der Waals surface area contributed by atoms with Crippen LogP contribution in [0.25, 0.3) is 11.4 Å². The van der Waals surface area contributed by atoms with Crippen LogP contribution in [-0.4, -0.2) is 41.9 Å². The average Bonchev–Trinajstić information content (AvgIpc) is 3.08. The van der Waals surface area contributed by atoms with E-state index in [0.29, 0.717) is 22.8 Å². The van der Waals surface area contributed by atoms with E-state index < -0.39 is 17.4 Å². The Kier molecular flexibility index (Phi) is 5.62. The molecule has 8 nitrogen and oxygen atoms in total. The molecule has 3 aromatic rings. The lowest BCUT2D eigenvalue weighted by Crippen LogP contribution is -2.14. The number of benzene rings is 2. The highest BCUT2D eigenvalue weighted by Crippen LogP contribution is 2.40. The number of carbonyl (C=O) groups excluding carboxylic acids is 1. The standard InChI is InChI=1S/C19H18F2N4O4/c1-27-15-7-11(8-16(28-2)17(15)29-3)18-23-19(22)25(24-18)9-14(26)10-4-5-12(20)13(21)6-10/h4-8H,9H2,1-3H3,(H2,22,23,24). The first-order chi connectivity index (χ1) is 13.9. The summed E-state index contributed by atoms with van der Waals surface area (Å²) in [5.41, 5.74) is 6.38. The number of halogens is 2. The SMILES string of the molecule is COc1cc(-c2nc(N)n(CC(=O)c3ccc(F)c(F)c3)n2)cc(OC)c1OC. The van der Waals surface area contributed by atoms with Gasteiger partial charge in [-0.05, 0) is 30.3 Å². The maximum absolute atomic E-state index is 13.4. The highest BCUT2D eigenvalue weighted by atomic mass is 19.2. The largest absolute Gasteiger partial charge is 0.493 e. The molecule has 0 amide bonds. The van der Waals surface area contributed by atoms with Gasteiger partial charge in [0, 0.05) is 11.1 Å². The molecule has 0 spiro atoms. The first kappa shape index (κ1) is 20.1. The first-order valence-electron chi connectivity index (χ1n) is 8.36. The molecule has 10 heteroatoms. The third-order valence-corrected chi connectivity index (χ3v) is 4.16. The molecular weight excluding hydrogens is 386 g/mol. The number of ether oxygens (including phenoxy) is 3. The van der Waals surface area contributed by atoms with Crippen LogP contribution in [0.2, 0.25) is 0 Å². The molecule has 2 N–H and O–H groups in total. The molecule has 0 saturated heterocycles. The van der Waals surface area contributed by atoms with E-state index in [2.05, 4.69) is 10.1 Å².